The van der Waals surface area contributed by atoms with Crippen molar-refractivity contribution in [1.82, 2.24) is 10.2 Å². The van der Waals surface area contributed by atoms with Gasteiger partial charge in [0.2, 0.25) is 6.54 Å². The average Bonchev–Trinajstić information content (AvgIpc) is 3.20. The number of rotatable bonds is 12. The lowest BCUT2D eigenvalue weighted by Crippen LogP contribution is -2.39. The number of hydrogen-bond donors (Lipinski definition) is 1. The topological polar surface area (TPSA) is 38.1 Å². The van der Waals surface area contributed by atoms with Crippen molar-refractivity contribution >= 4 is 11.6 Å². The molecule has 0 aliphatic carbocycles. The number of halogens is 1. The van der Waals surface area contributed by atoms with Crippen LogP contribution in [0, 0.1) is 6.57 Å². The van der Waals surface area contributed by atoms with Crippen molar-refractivity contribution in [2.24, 2.45) is 0 Å². The zero-order chi connectivity index (χ0) is 22.8. The van der Waals surface area contributed by atoms with E-state index in [1.807, 2.05) is 37.3 Å². The largest absolute Gasteiger partial charge is 0.493 e. The van der Waals surface area contributed by atoms with Crippen molar-refractivity contribution in [2.75, 3.05) is 32.1 Å². The van der Waals surface area contributed by atoms with E-state index in [-0.39, 0.29) is 12.3 Å². The van der Waals surface area contributed by atoms with Gasteiger partial charge in [-0.2, -0.15) is 0 Å². The highest BCUT2D eigenvalue weighted by atomic mass is 35.5. The number of nitrogens with one attached hydrogen (secondary N) is 1. The maximum atomic E-state index is 7.02. The summed E-state index contributed by atoms with van der Waals surface area (Å²) in [5.41, 5.74) is 3.42. The van der Waals surface area contributed by atoms with Gasteiger partial charge in [-0.05, 0) is 37.6 Å². The van der Waals surface area contributed by atoms with Crippen molar-refractivity contribution in [3.8, 4) is 5.75 Å². The molecule has 32 heavy (non-hydrogen) atoms. The molecular weight excluding hydrogens is 422 g/mol. The molecule has 0 aromatic heterocycles. The Labute approximate surface area is 196 Å². The highest BCUT2D eigenvalue weighted by Gasteiger charge is 2.23. The van der Waals surface area contributed by atoms with Gasteiger partial charge in [0.1, 0.15) is 11.5 Å². The van der Waals surface area contributed by atoms with Gasteiger partial charge in [-0.15, -0.1) is 11.6 Å². The van der Waals surface area contributed by atoms with E-state index in [4.69, 9.17) is 27.6 Å². The number of hydrogen-bond acceptors (Lipinski definition) is 4. The fraction of sp³-hybridized carbons (Fsp3) is 0.423. The summed E-state index contributed by atoms with van der Waals surface area (Å²) >= 11 is 6.23. The molecule has 1 aliphatic heterocycles. The Bertz CT molecular complexity index is 909. The number of alkyl halides is 1. The zero-order valence-electron chi connectivity index (χ0n) is 18.9. The Morgan fingerprint density at radius 2 is 1.94 bits per heavy atom. The van der Waals surface area contributed by atoms with Crippen LogP contribution in [0.3, 0.4) is 0 Å². The molecule has 1 heterocycles. The van der Waals surface area contributed by atoms with Crippen molar-refractivity contribution in [2.45, 2.75) is 39.0 Å². The van der Waals surface area contributed by atoms with E-state index in [9.17, 15) is 0 Å². The second-order valence-electron chi connectivity index (χ2n) is 7.85. The van der Waals surface area contributed by atoms with Crippen LogP contribution in [0.5, 0.6) is 5.75 Å². The molecule has 0 saturated carbocycles. The normalized spacial score (nSPS) is 16.4. The Balaban J connectivity index is 1.47. The molecule has 0 bridgehead atoms. The minimum Gasteiger partial charge on any atom is -0.493 e. The Kier molecular flexibility index (Phi) is 9.27. The van der Waals surface area contributed by atoms with E-state index in [0.717, 1.165) is 48.7 Å². The molecule has 0 radical (unpaired) electrons. The maximum Gasteiger partial charge on any atom is 0.227 e. The summed E-state index contributed by atoms with van der Waals surface area (Å²) in [5, 5.41) is 3.45. The number of likely N-dealkylation sites (N-methyl/N-ethyl adjacent to an activating group) is 1. The van der Waals surface area contributed by atoms with Gasteiger partial charge in [0.15, 0.2) is 6.23 Å². The summed E-state index contributed by atoms with van der Waals surface area (Å²) in [5.74, 6) is 2.33. The average molecular weight is 454 g/mol. The van der Waals surface area contributed by atoms with E-state index < -0.39 is 0 Å². The fourth-order valence-corrected chi connectivity index (χ4v) is 4.19. The monoisotopic (exact) mass is 453 g/mol. The van der Waals surface area contributed by atoms with Crippen LogP contribution in [0.25, 0.3) is 4.85 Å². The third kappa shape index (κ3) is 6.66. The molecule has 1 N–H and O–H groups in total. The van der Waals surface area contributed by atoms with Crippen molar-refractivity contribution in [3.05, 3.63) is 88.6 Å². The number of allylic oxidation sites excluding steroid dienone is 1. The molecule has 3 rings (SSSR count). The molecule has 2 atom stereocenters. The Hall–Kier alpha value is -2.68. The molecule has 1 aliphatic rings. The summed E-state index contributed by atoms with van der Waals surface area (Å²) in [6.45, 7) is 13.9. The first-order chi connectivity index (χ1) is 15.6. The van der Waals surface area contributed by atoms with Crippen LogP contribution in [0.1, 0.15) is 37.6 Å². The minimum atomic E-state index is -0.127. The first-order valence-electron chi connectivity index (χ1n) is 11.2. The van der Waals surface area contributed by atoms with Gasteiger partial charge >= 0.3 is 0 Å². The van der Waals surface area contributed by atoms with E-state index in [0.29, 0.717) is 19.0 Å². The standard InChI is InChI=1S/C26H32ClN3O2/c1-4-30(16-15-28-3)23(19-27)18-21-10-12-24(13-11-21)31-17-14-25-20(2)32-26(29-25)22-8-6-5-7-9-22/h5-13,23,26,29H,4,14-19H2,1-2H3/t23-,26?/m0/s1. The van der Waals surface area contributed by atoms with E-state index >= 15 is 0 Å². The number of nitrogens with zero attached hydrogens (tertiary/aromatic N) is 2. The Morgan fingerprint density at radius 1 is 1.19 bits per heavy atom. The van der Waals surface area contributed by atoms with Crippen molar-refractivity contribution in [3.63, 3.8) is 0 Å². The first-order valence-corrected chi connectivity index (χ1v) is 11.7. The lowest BCUT2D eigenvalue weighted by molar-refractivity contribution is 0.130. The second kappa shape index (κ2) is 12.4. The molecule has 0 saturated heterocycles. The van der Waals surface area contributed by atoms with Crippen LogP contribution in [0.2, 0.25) is 0 Å². The molecule has 2 aromatic carbocycles. The summed E-state index contributed by atoms with van der Waals surface area (Å²) < 4.78 is 11.9. The van der Waals surface area contributed by atoms with E-state index in [2.05, 4.69) is 46.3 Å². The van der Waals surface area contributed by atoms with Crippen LogP contribution >= 0.6 is 11.6 Å². The van der Waals surface area contributed by atoms with Crippen molar-refractivity contribution in [1.29, 1.82) is 0 Å². The van der Waals surface area contributed by atoms with Crippen LogP contribution in [-0.2, 0) is 11.2 Å². The van der Waals surface area contributed by atoms with Crippen molar-refractivity contribution < 1.29 is 9.47 Å². The van der Waals surface area contributed by atoms with E-state index in [1.54, 1.807) is 0 Å². The SMILES string of the molecule is [C-]#[N+]CCN(CC)[C@H](CCl)Cc1ccc(OCCC2=C(C)OC(c3ccccc3)N2)cc1. The van der Waals surface area contributed by atoms with Crippen LogP contribution in [-0.4, -0.2) is 43.1 Å². The zero-order valence-corrected chi connectivity index (χ0v) is 19.6. The first kappa shape index (κ1) is 24.0. The number of ether oxygens (including phenoxy) is 2. The smallest absolute Gasteiger partial charge is 0.227 e. The fourth-order valence-electron chi connectivity index (χ4n) is 3.89. The molecule has 6 heteroatoms. The molecule has 0 spiro atoms. The summed E-state index contributed by atoms with van der Waals surface area (Å²) in [7, 11) is 0. The molecular formula is C26H32ClN3O2. The van der Waals surface area contributed by atoms with Gasteiger partial charge in [0.25, 0.3) is 0 Å². The summed E-state index contributed by atoms with van der Waals surface area (Å²) in [4.78, 5) is 5.76. The molecule has 5 nitrogen and oxygen atoms in total. The molecule has 0 fully saturated rings. The van der Waals surface area contributed by atoms with Gasteiger partial charge in [-0.1, -0.05) is 49.4 Å². The van der Waals surface area contributed by atoms with Crippen LogP contribution in [0.4, 0.5) is 0 Å². The highest BCUT2D eigenvalue weighted by molar-refractivity contribution is 6.18. The lowest BCUT2D eigenvalue weighted by atomic mass is 10.1. The van der Waals surface area contributed by atoms with Gasteiger partial charge in [0, 0.05) is 23.9 Å². The highest BCUT2D eigenvalue weighted by Crippen LogP contribution is 2.28. The lowest BCUT2D eigenvalue weighted by Gasteiger charge is -2.27. The van der Waals surface area contributed by atoms with Gasteiger partial charge < -0.3 is 19.6 Å². The minimum absolute atomic E-state index is 0.127. The second-order valence-corrected chi connectivity index (χ2v) is 8.16. The summed E-state index contributed by atoms with van der Waals surface area (Å²) in [6, 6.07) is 18.6. The van der Waals surface area contributed by atoms with E-state index in [1.165, 1.54) is 5.56 Å². The van der Waals surface area contributed by atoms with Crippen LogP contribution < -0.4 is 10.1 Å². The quantitative estimate of drug-likeness (QED) is 0.345. The predicted octanol–water partition coefficient (Wildman–Crippen LogP) is 5.40. The van der Waals surface area contributed by atoms with Gasteiger partial charge in [-0.3, -0.25) is 4.90 Å². The predicted molar refractivity (Wildman–Crippen MR) is 130 cm³/mol. The third-order valence-electron chi connectivity index (χ3n) is 5.74. The molecule has 2 aromatic rings. The molecule has 0 amide bonds. The Morgan fingerprint density at radius 3 is 2.59 bits per heavy atom. The molecule has 1 unspecified atom stereocenters. The summed E-state index contributed by atoms with van der Waals surface area (Å²) in [6.07, 6.45) is 1.50. The van der Waals surface area contributed by atoms with Crippen LogP contribution in [0.15, 0.2) is 66.1 Å². The third-order valence-corrected chi connectivity index (χ3v) is 6.10. The molecule has 170 valence electrons. The van der Waals surface area contributed by atoms with Gasteiger partial charge in [0.05, 0.1) is 18.8 Å². The van der Waals surface area contributed by atoms with Gasteiger partial charge in [-0.25, -0.2) is 6.57 Å². The maximum absolute atomic E-state index is 7.02. The number of benzene rings is 2.